The quantitative estimate of drug-likeness (QED) is 0.536. The second-order valence-corrected chi connectivity index (χ2v) is 7.52. The Bertz CT molecular complexity index is 944. The van der Waals surface area contributed by atoms with Crippen LogP contribution in [-0.4, -0.2) is 33.0 Å². The largest absolute Gasteiger partial charge is 0.491 e. The topological polar surface area (TPSA) is 69.0 Å². The summed E-state index contributed by atoms with van der Waals surface area (Å²) in [4.78, 5) is 12.4. The predicted octanol–water partition coefficient (Wildman–Crippen LogP) is 4.75. The highest BCUT2D eigenvalue weighted by Crippen LogP contribution is 2.29. The van der Waals surface area contributed by atoms with Crippen molar-refractivity contribution in [1.29, 1.82) is 0 Å². The first-order chi connectivity index (χ1) is 13.6. The lowest BCUT2D eigenvalue weighted by molar-refractivity contribution is -0.113. The zero-order valence-electron chi connectivity index (χ0n) is 15.7. The number of aryl methyl sites for hydroxylation is 1. The molecule has 0 aliphatic carbocycles. The van der Waals surface area contributed by atoms with E-state index in [2.05, 4.69) is 15.5 Å². The van der Waals surface area contributed by atoms with E-state index in [0.29, 0.717) is 28.2 Å². The van der Waals surface area contributed by atoms with Crippen molar-refractivity contribution in [1.82, 2.24) is 14.8 Å². The molecule has 1 aromatic heterocycles. The van der Waals surface area contributed by atoms with E-state index in [-0.39, 0.29) is 11.7 Å². The van der Waals surface area contributed by atoms with Crippen LogP contribution in [0.15, 0.2) is 53.9 Å². The summed E-state index contributed by atoms with van der Waals surface area (Å²) in [6.07, 6.45) is 2.51. The van der Waals surface area contributed by atoms with Crippen LogP contribution < -0.4 is 10.1 Å². The van der Waals surface area contributed by atoms with Crippen LogP contribution in [0.2, 0.25) is 5.02 Å². The summed E-state index contributed by atoms with van der Waals surface area (Å²) in [5.74, 6) is 0.615. The minimum atomic E-state index is -0.174. The third kappa shape index (κ3) is 5.27. The van der Waals surface area contributed by atoms with Crippen molar-refractivity contribution < 1.29 is 9.53 Å². The number of rotatable bonds is 8. The van der Waals surface area contributed by atoms with Gasteiger partial charge >= 0.3 is 0 Å². The van der Waals surface area contributed by atoms with E-state index >= 15 is 0 Å². The van der Waals surface area contributed by atoms with Crippen LogP contribution in [0.1, 0.15) is 18.9 Å². The number of halogens is 1. The molecule has 8 heteroatoms. The van der Waals surface area contributed by atoms with Gasteiger partial charge in [-0.25, -0.2) is 0 Å². The van der Waals surface area contributed by atoms with E-state index < -0.39 is 0 Å². The highest BCUT2D eigenvalue weighted by molar-refractivity contribution is 7.99. The number of anilines is 1. The lowest BCUT2D eigenvalue weighted by Gasteiger charge is -2.12. The summed E-state index contributed by atoms with van der Waals surface area (Å²) in [7, 11) is 0. The molecule has 0 saturated carbocycles. The van der Waals surface area contributed by atoms with Gasteiger partial charge in [-0.3, -0.25) is 9.36 Å². The van der Waals surface area contributed by atoms with Crippen molar-refractivity contribution in [3.05, 3.63) is 59.4 Å². The number of carbonyl (C=O) groups is 1. The van der Waals surface area contributed by atoms with Crippen LogP contribution in [0.25, 0.3) is 5.69 Å². The minimum Gasteiger partial charge on any atom is -0.491 e. The number of carbonyl (C=O) groups excluding carboxylic acids is 1. The number of hydrogen-bond acceptors (Lipinski definition) is 5. The Hall–Kier alpha value is -2.51. The Labute approximate surface area is 173 Å². The van der Waals surface area contributed by atoms with Crippen molar-refractivity contribution >= 4 is 35.0 Å². The van der Waals surface area contributed by atoms with Crippen LogP contribution in [0.3, 0.4) is 0 Å². The Morgan fingerprint density at radius 2 is 2.04 bits per heavy atom. The number of thioether (sulfide) groups is 1. The van der Waals surface area contributed by atoms with Crippen LogP contribution >= 0.6 is 23.4 Å². The number of ether oxygens (including phenoxy) is 1. The molecule has 0 spiro atoms. The van der Waals surface area contributed by atoms with Gasteiger partial charge in [-0.2, -0.15) is 0 Å². The van der Waals surface area contributed by atoms with Gasteiger partial charge in [0.15, 0.2) is 5.16 Å². The van der Waals surface area contributed by atoms with Crippen molar-refractivity contribution in [3.63, 3.8) is 0 Å². The Morgan fingerprint density at radius 3 is 2.79 bits per heavy atom. The van der Waals surface area contributed by atoms with Crippen molar-refractivity contribution in [2.45, 2.75) is 25.4 Å². The van der Waals surface area contributed by atoms with Gasteiger partial charge in [-0.1, -0.05) is 48.0 Å². The fourth-order valence-electron chi connectivity index (χ4n) is 2.46. The fourth-order valence-corrected chi connectivity index (χ4v) is 3.36. The highest BCUT2D eigenvalue weighted by atomic mass is 35.5. The van der Waals surface area contributed by atoms with Crippen LogP contribution in [0.5, 0.6) is 5.75 Å². The molecule has 3 aromatic rings. The molecule has 146 valence electrons. The minimum absolute atomic E-state index is 0.174. The van der Waals surface area contributed by atoms with E-state index in [1.807, 2.05) is 42.7 Å². The maximum Gasteiger partial charge on any atom is 0.234 e. The molecule has 1 N–H and O–H groups in total. The third-order valence-electron chi connectivity index (χ3n) is 3.84. The molecule has 1 amide bonds. The molecular formula is C20H21ClN4O2S. The summed E-state index contributed by atoms with van der Waals surface area (Å²) in [5, 5.41) is 12.1. The van der Waals surface area contributed by atoms with Gasteiger partial charge in [-0.05, 0) is 43.7 Å². The standard InChI is InChI=1S/C20H21ClN4O2S/c1-3-10-27-18-9-6-15(21)11-17(18)23-19(26)12-28-20-24-22-13-25(20)16-7-4-14(2)5-8-16/h4-9,11,13H,3,10,12H2,1-2H3,(H,23,26). The van der Waals surface area contributed by atoms with Crippen LogP contribution in [0, 0.1) is 6.92 Å². The lowest BCUT2D eigenvalue weighted by Crippen LogP contribution is -2.15. The average Bonchev–Trinajstić information content (AvgIpc) is 3.15. The molecular weight excluding hydrogens is 396 g/mol. The van der Waals surface area contributed by atoms with Crippen molar-refractivity contribution in [2.75, 3.05) is 17.7 Å². The summed E-state index contributed by atoms with van der Waals surface area (Å²) < 4.78 is 7.53. The second kappa shape index (κ2) is 9.61. The Morgan fingerprint density at radius 1 is 1.25 bits per heavy atom. The molecule has 6 nitrogen and oxygen atoms in total. The van der Waals surface area contributed by atoms with Crippen molar-refractivity contribution in [3.8, 4) is 11.4 Å². The molecule has 3 rings (SSSR count). The van der Waals surface area contributed by atoms with Gasteiger partial charge < -0.3 is 10.1 Å². The van der Waals surface area contributed by atoms with Gasteiger partial charge in [0.05, 0.1) is 18.0 Å². The van der Waals surface area contributed by atoms with Gasteiger partial charge in [0.2, 0.25) is 5.91 Å². The third-order valence-corrected chi connectivity index (χ3v) is 5.02. The predicted molar refractivity (Wildman–Crippen MR) is 113 cm³/mol. The lowest BCUT2D eigenvalue weighted by atomic mass is 10.2. The molecule has 0 aliphatic rings. The number of amides is 1. The van der Waals surface area contributed by atoms with Gasteiger partial charge in [0, 0.05) is 10.7 Å². The van der Waals surface area contributed by atoms with Crippen molar-refractivity contribution in [2.24, 2.45) is 0 Å². The van der Waals surface area contributed by atoms with Gasteiger partial charge in [-0.15, -0.1) is 10.2 Å². The number of nitrogens with one attached hydrogen (secondary N) is 1. The second-order valence-electron chi connectivity index (χ2n) is 6.14. The van der Waals surface area contributed by atoms with Crippen LogP contribution in [-0.2, 0) is 4.79 Å². The number of aromatic nitrogens is 3. The fraction of sp³-hybridized carbons (Fsp3) is 0.250. The van der Waals surface area contributed by atoms with Gasteiger partial charge in [0.1, 0.15) is 12.1 Å². The first kappa shape index (κ1) is 20.2. The van der Waals surface area contributed by atoms with Crippen LogP contribution in [0.4, 0.5) is 5.69 Å². The molecule has 0 radical (unpaired) electrons. The molecule has 0 atom stereocenters. The average molecular weight is 417 g/mol. The first-order valence-electron chi connectivity index (χ1n) is 8.89. The summed E-state index contributed by atoms with van der Waals surface area (Å²) in [6.45, 7) is 4.62. The summed E-state index contributed by atoms with van der Waals surface area (Å²) in [6, 6.07) is 13.2. The highest BCUT2D eigenvalue weighted by Gasteiger charge is 2.13. The van der Waals surface area contributed by atoms with E-state index in [4.69, 9.17) is 16.3 Å². The molecule has 0 bridgehead atoms. The summed E-state index contributed by atoms with van der Waals surface area (Å²) >= 11 is 7.37. The monoisotopic (exact) mass is 416 g/mol. The zero-order valence-corrected chi connectivity index (χ0v) is 17.3. The van der Waals surface area contributed by atoms with E-state index in [1.54, 1.807) is 24.5 Å². The molecule has 28 heavy (non-hydrogen) atoms. The number of benzene rings is 2. The van der Waals surface area contributed by atoms with E-state index in [0.717, 1.165) is 12.1 Å². The van der Waals surface area contributed by atoms with Gasteiger partial charge in [0.25, 0.3) is 0 Å². The maximum atomic E-state index is 12.4. The number of hydrogen-bond donors (Lipinski definition) is 1. The normalized spacial score (nSPS) is 10.7. The molecule has 1 heterocycles. The zero-order chi connectivity index (χ0) is 19.9. The Balaban J connectivity index is 1.65. The SMILES string of the molecule is CCCOc1ccc(Cl)cc1NC(=O)CSc1nncn1-c1ccc(C)cc1. The molecule has 0 fully saturated rings. The smallest absolute Gasteiger partial charge is 0.234 e. The molecule has 2 aromatic carbocycles. The molecule has 0 aliphatic heterocycles. The van der Waals surface area contributed by atoms with E-state index in [9.17, 15) is 4.79 Å². The molecule has 0 saturated heterocycles. The summed E-state index contributed by atoms with van der Waals surface area (Å²) in [5.41, 5.74) is 2.68. The number of nitrogens with zero attached hydrogens (tertiary/aromatic N) is 3. The maximum absolute atomic E-state index is 12.4. The Kier molecular flexibility index (Phi) is 6.95. The first-order valence-corrected chi connectivity index (χ1v) is 10.2. The molecule has 0 unspecified atom stereocenters. The van der Waals surface area contributed by atoms with E-state index in [1.165, 1.54) is 17.3 Å².